The van der Waals surface area contributed by atoms with Gasteiger partial charge in [0, 0.05) is 44.6 Å². The van der Waals surface area contributed by atoms with Crippen LogP contribution in [0.5, 0.6) is 0 Å². The molecule has 164 valence electrons. The Kier molecular flexibility index (Phi) is 10.0. The number of aliphatic imine (C=N–C) groups is 1. The van der Waals surface area contributed by atoms with E-state index in [4.69, 9.17) is 0 Å². The van der Waals surface area contributed by atoms with E-state index in [9.17, 15) is 4.79 Å². The summed E-state index contributed by atoms with van der Waals surface area (Å²) in [5.74, 6) is 0.642. The SMILES string of the molecule is CCNC(=O)c1cccc(CNC(=NC)NCc2ccccc2Cn2cccn2)c1.I. The fourth-order valence-electron chi connectivity index (χ4n) is 3.12. The molecule has 0 fully saturated rings. The lowest BCUT2D eigenvalue weighted by Crippen LogP contribution is -2.36. The number of nitrogens with one attached hydrogen (secondary N) is 3. The van der Waals surface area contributed by atoms with Gasteiger partial charge in [0.15, 0.2) is 5.96 Å². The second-order valence-electron chi connectivity index (χ2n) is 6.81. The molecule has 3 N–H and O–H groups in total. The van der Waals surface area contributed by atoms with Crippen molar-refractivity contribution in [3.8, 4) is 0 Å². The molecule has 0 spiro atoms. The number of carbonyl (C=O) groups is 1. The number of carbonyl (C=O) groups excluding carboxylic acids is 1. The molecule has 3 rings (SSSR count). The van der Waals surface area contributed by atoms with Crippen LogP contribution in [0.4, 0.5) is 0 Å². The van der Waals surface area contributed by atoms with Gasteiger partial charge in [-0.25, -0.2) is 0 Å². The number of halogens is 1. The van der Waals surface area contributed by atoms with Crippen LogP contribution in [0.2, 0.25) is 0 Å². The summed E-state index contributed by atoms with van der Waals surface area (Å²) in [4.78, 5) is 16.3. The smallest absolute Gasteiger partial charge is 0.251 e. The summed E-state index contributed by atoms with van der Waals surface area (Å²) in [6, 6.07) is 17.8. The highest BCUT2D eigenvalue weighted by molar-refractivity contribution is 14.0. The molecule has 0 saturated carbocycles. The molecule has 2 aromatic carbocycles. The molecule has 3 aromatic rings. The summed E-state index contributed by atoms with van der Waals surface area (Å²) in [7, 11) is 1.75. The van der Waals surface area contributed by atoms with Crippen molar-refractivity contribution in [1.82, 2.24) is 25.7 Å². The molecule has 8 heteroatoms. The van der Waals surface area contributed by atoms with Crippen LogP contribution >= 0.6 is 24.0 Å². The van der Waals surface area contributed by atoms with Crippen molar-refractivity contribution in [3.63, 3.8) is 0 Å². The Morgan fingerprint density at radius 2 is 1.77 bits per heavy atom. The van der Waals surface area contributed by atoms with E-state index in [2.05, 4.69) is 38.2 Å². The Morgan fingerprint density at radius 1 is 1.00 bits per heavy atom. The maximum Gasteiger partial charge on any atom is 0.251 e. The minimum atomic E-state index is -0.0596. The molecule has 0 aliphatic heterocycles. The summed E-state index contributed by atoms with van der Waals surface area (Å²) in [5.41, 5.74) is 4.07. The zero-order chi connectivity index (χ0) is 21.2. The first kappa shape index (κ1) is 24.4. The summed E-state index contributed by atoms with van der Waals surface area (Å²) in [5, 5.41) is 13.8. The van der Waals surface area contributed by atoms with Crippen LogP contribution in [0.15, 0.2) is 72.0 Å². The van der Waals surface area contributed by atoms with Gasteiger partial charge in [-0.2, -0.15) is 5.10 Å². The first-order chi connectivity index (χ1) is 14.7. The lowest BCUT2D eigenvalue weighted by atomic mass is 10.1. The van der Waals surface area contributed by atoms with E-state index >= 15 is 0 Å². The molecule has 1 heterocycles. The quantitative estimate of drug-likeness (QED) is 0.237. The predicted molar refractivity (Wildman–Crippen MR) is 135 cm³/mol. The van der Waals surface area contributed by atoms with E-state index in [0.29, 0.717) is 31.2 Å². The van der Waals surface area contributed by atoms with Crippen molar-refractivity contribution in [2.45, 2.75) is 26.6 Å². The number of guanidine groups is 1. The Hall–Kier alpha value is -2.88. The predicted octanol–water partition coefficient (Wildman–Crippen LogP) is 3.16. The van der Waals surface area contributed by atoms with Crippen molar-refractivity contribution in [3.05, 3.63) is 89.2 Å². The molecule has 0 radical (unpaired) electrons. The largest absolute Gasteiger partial charge is 0.352 e. The molecule has 0 atom stereocenters. The zero-order valence-corrected chi connectivity index (χ0v) is 20.2. The zero-order valence-electron chi connectivity index (χ0n) is 17.8. The molecular weight excluding hydrogens is 503 g/mol. The molecule has 0 bridgehead atoms. The van der Waals surface area contributed by atoms with Gasteiger partial charge in [0.2, 0.25) is 0 Å². The van der Waals surface area contributed by atoms with Gasteiger partial charge in [-0.05, 0) is 41.8 Å². The lowest BCUT2D eigenvalue weighted by Gasteiger charge is -2.15. The number of aromatic nitrogens is 2. The second-order valence-corrected chi connectivity index (χ2v) is 6.81. The number of nitrogens with zero attached hydrogens (tertiary/aromatic N) is 3. The van der Waals surface area contributed by atoms with Crippen LogP contribution in [0, 0.1) is 0 Å². The number of hydrogen-bond donors (Lipinski definition) is 3. The highest BCUT2D eigenvalue weighted by atomic mass is 127. The van der Waals surface area contributed by atoms with Crippen LogP contribution in [-0.2, 0) is 19.6 Å². The molecule has 7 nitrogen and oxygen atoms in total. The number of rotatable bonds is 8. The van der Waals surface area contributed by atoms with Crippen LogP contribution in [0.25, 0.3) is 0 Å². The molecule has 1 aromatic heterocycles. The first-order valence-corrected chi connectivity index (χ1v) is 10.1. The molecule has 1 amide bonds. The van der Waals surface area contributed by atoms with Crippen LogP contribution in [0.1, 0.15) is 34.0 Å². The van der Waals surface area contributed by atoms with Gasteiger partial charge in [-0.1, -0.05) is 36.4 Å². The fraction of sp³-hybridized carbons (Fsp3) is 0.261. The van der Waals surface area contributed by atoms with Crippen molar-refractivity contribution < 1.29 is 4.79 Å². The van der Waals surface area contributed by atoms with Crippen LogP contribution in [-0.4, -0.2) is 35.2 Å². The number of benzene rings is 2. The van der Waals surface area contributed by atoms with Crippen molar-refractivity contribution in [1.29, 1.82) is 0 Å². The highest BCUT2D eigenvalue weighted by Crippen LogP contribution is 2.10. The van der Waals surface area contributed by atoms with Gasteiger partial charge < -0.3 is 16.0 Å². The Balaban J connectivity index is 0.00000341. The number of amides is 1. The first-order valence-electron chi connectivity index (χ1n) is 10.1. The van der Waals surface area contributed by atoms with E-state index in [0.717, 1.165) is 12.1 Å². The van der Waals surface area contributed by atoms with Gasteiger partial charge in [0.1, 0.15) is 0 Å². The topological polar surface area (TPSA) is 83.3 Å². The standard InChI is InChI=1S/C23H28N6O.HI/c1-3-25-22(30)19-11-6-8-18(14-19)15-26-23(24-2)27-16-20-9-4-5-10-21(20)17-29-13-7-12-28-29;/h4-14H,3,15-17H2,1-2H3,(H,25,30)(H2,24,26,27);1H. The third-order valence-corrected chi connectivity index (χ3v) is 4.67. The maximum absolute atomic E-state index is 12.0. The van der Waals surface area contributed by atoms with Gasteiger partial charge in [0.05, 0.1) is 6.54 Å². The van der Waals surface area contributed by atoms with E-state index in [1.807, 2.05) is 60.3 Å². The molecule has 31 heavy (non-hydrogen) atoms. The van der Waals surface area contributed by atoms with E-state index in [1.54, 1.807) is 13.2 Å². The third kappa shape index (κ3) is 7.39. The lowest BCUT2D eigenvalue weighted by molar-refractivity contribution is 0.0955. The molecule has 0 unspecified atom stereocenters. The van der Waals surface area contributed by atoms with Crippen LogP contribution < -0.4 is 16.0 Å². The Bertz CT molecular complexity index is 987. The molecule has 0 saturated heterocycles. The summed E-state index contributed by atoms with van der Waals surface area (Å²) in [6.45, 7) is 4.47. The van der Waals surface area contributed by atoms with Crippen molar-refractivity contribution in [2.75, 3.05) is 13.6 Å². The average Bonchev–Trinajstić information content (AvgIpc) is 3.28. The van der Waals surface area contributed by atoms with Gasteiger partial charge in [-0.15, -0.1) is 24.0 Å². The summed E-state index contributed by atoms with van der Waals surface area (Å²) >= 11 is 0. The highest BCUT2D eigenvalue weighted by Gasteiger charge is 2.07. The monoisotopic (exact) mass is 532 g/mol. The maximum atomic E-state index is 12.0. The summed E-state index contributed by atoms with van der Waals surface area (Å²) < 4.78 is 1.91. The van der Waals surface area contributed by atoms with Crippen molar-refractivity contribution in [2.24, 2.45) is 4.99 Å². The van der Waals surface area contributed by atoms with E-state index < -0.39 is 0 Å². The van der Waals surface area contributed by atoms with Crippen LogP contribution in [0.3, 0.4) is 0 Å². The minimum Gasteiger partial charge on any atom is -0.352 e. The second kappa shape index (κ2) is 12.7. The fourth-order valence-corrected chi connectivity index (χ4v) is 3.12. The summed E-state index contributed by atoms with van der Waals surface area (Å²) in [6.07, 6.45) is 3.74. The van der Waals surface area contributed by atoms with E-state index in [1.165, 1.54) is 11.1 Å². The Labute approximate surface area is 200 Å². The Morgan fingerprint density at radius 3 is 2.48 bits per heavy atom. The van der Waals surface area contributed by atoms with Gasteiger partial charge >= 0.3 is 0 Å². The molecule has 0 aliphatic carbocycles. The minimum absolute atomic E-state index is 0. The van der Waals surface area contributed by atoms with E-state index in [-0.39, 0.29) is 29.9 Å². The molecular formula is C23H29IN6O. The normalized spacial score (nSPS) is 10.8. The van der Waals surface area contributed by atoms with Gasteiger partial charge in [-0.3, -0.25) is 14.5 Å². The molecule has 0 aliphatic rings. The number of hydrogen-bond acceptors (Lipinski definition) is 3. The van der Waals surface area contributed by atoms with Crippen molar-refractivity contribution >= 4 is 35.8 Å². The average molecular weight is 532 g/mol. The van der Waals surface area contributed by atoms with Gasteiger partial charge in [0.25, 0.3) is 5.91 Å². The third-order valence-electron chi connectivity index (χ3n) is 4.67.